The highest BCUT2D eigenvalue weighted by Gasteiger charge is 2.47. The van der Waals surface area contributed by atoms with Crippen molar-refractivity contribution in [3.63, 3.8) is 0 Å². The monoisotopic (exact) mass is 256 g/mol. The molecule has 0 spiro atoms. The Labute approximate surface area is 115 Å². The summed E-state index contributed by atoms with van der Waals surface area (Å²) in [5.74, 6) is 5.96. The Morgan fingerprint density at radius 2 is 1.74 bits per heavy atom. The van der Waals surface area contributed by atoms with Crippen LogP contribution in [0.2, 0.25) is 0 Å². The number of pyridine rings is 1. The molecular weight excluding hydrogens is 232 g/mol. The average Bonchev–Trinajstić information content (AvgIpc) is 2.37. The number of rotatable bonds is 3. The van der Waals surface area contributed by atoms with Gasteiger partial charge >= 0.3 is 0 Å². The Morgan fingerprint density at radius 1 is 1.05 bits per heavy atom. The highest BCUT2D eigenvalue weighted by Crippen LogP contribution is 2.57. The quantitative estimate of drug-likeness (QED) is 0.896. The van der Waals surface area contributed by atoms with Gasteiger partial charge in [0.15, 0.2) is 0 Å². The molecule has 0 aromatic carbocycles. The summed E-state index contributed by atoms with van der Waals surface area (Å²) in [6, 6.07) is 4.18. The molecule has 2 heteroatoms. The summed E-state index contributed by atoms with van der Waals surface area (Å²) >= 11 is 0. The summed E-state index contributed by atoms with van der Waals surface area (Å²) in [7, 11) is 0. The van der Waals surface area contributed by atoms with Crippen LogP contribution in [0.25, 0.3) is 0 Å². The molecule has 1 heterocycles. The lowest BCUT2D eigenvalue weighted by atomic mass is 9.51. The number of hydrogen-bond donors (Lipinski definition) is 1. The Kier molecular flexibility index (Phi) is 2.78. The van der Waals surface area contributed by atoms with Gasteiger partial charge in [-0.2, -0.15) is 0 Å². The molecule has 102 valence electrons. The van der Waals surface area contributed by atoms with E-state index in [9.17, 15) is 0 Å². The number of nitrogens with zero attached hydrogens (tertiary/aromatic N) is 1. The minimum Gasteiger partial charge on any atom is -0.384 e. The van der Waals surface area contributed by atoms with Crippen LogP contribution in [0.5, 0.6) is 0 Å². The lowest BCUT2D eigenvalue weighted by molar-refractivity contribution is -0.0394. The van der Waals surface area contributed by atoms with Crippen LogP contribution < -0.4 is 5.73 Å². The molecule has 1 aromatic rings. The van der Waals surface area contributed by atoms with Crippen molar-refractivity contribution in [2.75, 3.05) is 5.73 Å². The number of anilines is 1. The molecule has 0 unspecified atom stereocenters. The van der Waals surface area contributed by atoms with Crippen molar-refractivity contribution in [1.29, 1.82) is 0 Å². The predicted molar refractivity (Wildman–Crippen MR) is 77.5 cm³/mol. The van der Waals surface area contributed by atoms with Gasteiger partial charge < -0.3 is 5.73 Å². The molecule has 4 fully saturated rings. The van der Waals surface area contributed by atoms with E-state index in [2.05, 4.69) is 17.1 Å². The maximum absolute atomic E-state index is 5.77. The molecule has 4 saturated carbocycles. The Balaban J connectivity index is 1.43. The van der Waals surface area contributed by atoms with Gasteiger partial charge in [-0.3, -0.25) is 0 Å². The Hall–Kier alpha value is -1.05. The maximum atomic E-state index is 5.77. The summed E-state index contributed by atoms with van der Waals surface area (Å²) in [4.78, 5) is 4.09. The van der Waals surface area contributed by atoms with Crippen molar-refractivity contribution in [3.8, 4) is 0 Å². The largest absolute Gasteiger partial charge is 0.384 e. The molecule has 1 aromatic heterocycles. The van der Waals surface area contributed by atoms with E-state index in [0.717, 1.165) is 29.6 Å². The molecule has 0 aliphatic heterocycles. The van der Waals surface area contributed by atoms with Crippen LogP contribution in [-0.2, 0) is 6.42 Å². The van der Waals surface area contributed by atoms with Crippen LogP contribution >= 0.6 is 0 Å². The zero-order valence-corrected chi connectivity index (χ0v) is 11.6. The fourth-order valence-electron chi connectivity index (χ4n) is 5.49. The Morgan fingerprint density at radius 3 is 2.37 bits per heavy atom. The third kappa shape index (κ3) is 2.15. The second kappa shape index (κ2) is 4.50. The second-order valence-corrected chi connectivity index (χ2v) is 7.22. The van der Waals surface area contributed by atoms with Crippen molar-refractivity contribution in [1.82, 2.24) is 4.98 Å². The molecule has 5 rings (SSSR count). The standard InChI is InChI=1S/C17H24N2/c18-17-10-11(3-4-19-17)1-2-16-14-6-12-5-13(8-14)9-15(16)7-12/h3-4,10,12-16H,1-2,5-9H2,(H2,18,19). The summed E-state index contributed by atoms with van der Waals surface area (Å²) in [5.41, 5.74) is 7.15. The molecule has 0 amide bonds. The zero-order valence-electron chi connectivity index (χ0n) is 11.6. The summed E-state index contributed by atoms with van der Waals surface area (Å²) in [6.07, 6.45) is 12.1. The molecule has 19 heavy (non-hydrogen) atoms. The second-order valence-electron chi connectivity index (χ2n) is 7.22. The van der Waals surface area contributed by atoms with Gasteiger partial charge in [0.1, 0.15) is 5.82 Å². The lowest BCUT2D eigenvalue weighted by Gasteiger charge is -2.54. The molecule has 2 nitrogen and oxygen atoms in total. The van der Waals surface area contributed by atoms with Crippen molar-refractivity contribution >= 4 is 5.82 Å². The highest BCUT2D eigenvalue weighted by molar-refractivity contribution is 5.31. The van der Waals surface area contributed by atoms with E-state index in [1.807, 2.05) is 6.20 Å². The molecule has 2 N–H and O–H groups in total. The number of aryl methyl sites for hydroxylation is 1. The summed E-state index contributed by atoms with van der Waals surface area (Å²) < 4.78 is 0. The first kappa shape index (κ1) is 11.7. The Bertz CT molecular complexity index is 440. The first-order valence-corrected chi connectivity index (χ1v) is 7.98. The van der Waals surface area contributed by atoms with Gasteiger partial charge in [-0.05, 0) is 92.2 Å². The molecule has 4 bridgehead atoms. The third-order valence-electron chi connectivity index (χ3n) is 6.03. The van der Waals surface area contributed by atoms with Crippen LogP contribution in [0.4, 0.5) is 5.82 Å². The van der Waals surface area contributed by atoms with Gasteiger partial charge in [0.25, 0.3) is 0 Å². The topological polar surface area (TPSA) is 38.9 Å². The van der Waals surface area contributed by atoms with Gasteiger partial charge in [0.2, 0.25) is 0 Å². The van der Waals surface area contributed by atoms with Gasteiger partial charge in [-0.1, -0.05) is 0 Å². The fraction of sp³-hybridized carbons (Fsp3) is 0.706. The van der Waals surface area contributed by atoms with E-state index in [4.69, 9.17) is 5.73 Å². The number of aromatic nitrogens is 1. The van der Waals surface area contributed by atoms with E-state index in [1.165, 1.54) is 44.1 Å². The van der Waals surface area contributed by atoms with Crippen molar-refractivity contribution in [3.05, 3.63) is 23.9 Å². The molecule has 0 atom stereocenters. The lowest BCUT2D eigenvalue weighted by Crippen LogP contribution is -2.45. The van der Waals surface area contributed by atoms with E-state index < -0.39 is 0 Å². The van der Waals surface area contributed by atoms with Gasteiger partial charge in [0, 0.05) is 6.20 Å². The maximum Gasteiger partial charge on any atom is 0.123 e. The van der Waals surface area contributed by atoms with Crippen molar-refractivity contribution in [2.24, 2.45) is 29.6 Å². The van der Waals surface area contributed by atoms with E-state index >= 15 is 0 Å². The molecule has 0 saturated heterocycles. The third-order valence-corrected chi connectivity index (χ3v) is 6.03. The molecule has 4 aliphatic rings. The predicted octanol–water partition coefficient (Wildman–Crippen LogP) is 3.67. The van der Waals surface area contributed by atoms with Gasteiger partial charge in [-0.25, -0.2) is 4.98 Å². The van der Waals surface area contributed by atoms with E-state index in [1.54, 1.807) is 6.42 Å². The van der Waals surface area contributed by atoms with Gasteiger partial charge in [-0.15, -0.1) is 0 Å². The highest BCUT2D eigenvalue weighted by atomic mass is 14.8. The van der Waals surface area contributed by atoms with E-state index in [-0.39, 0.29) is 0 Å². The molecule has 0 radical (unpaired) electrons. The zero-order chi connectivity index (χ0) is 12.8. The average molecular weight is 256 g/mol. The minimum atomic E-state index is 0.669. The molecular formula is C17H24N2. The summed E-state index contributed by atoms with van der Waals surface area (Å²) in [6.45, 7) is 0. The van der Waals surface area contributed by atoms with Crippen molar-refractivity contribution in [2.45, 2.75) is 44.9 Å². The first-order valence-electron chi connectivity index (χ1n) is 7.98. The van der Waals surface area contributed by atoms with Crippen LogP contribution in [-0.4, -0.2) is 4.98 Å². The van der Waals surface area contributed by atoms with Crippen LogP contribution in [0.3, 0.4) is 0 Å². The SMILES string of the molecule is Nc1cc(CCC2C3CC4CC(C3)CC2C4)ccn1. The number of nitrogen functional groups attached to an aromatic ring is 1. The van der Waals surface area contributed by atoms with Crippen LogP contribution in [0.1, 0.15) is 44.1 Å². The van der Waals surface area contributed by atoms with E-state index in [0.29, 0.717) is 5.82 Å². The number of nitrogens with two attached hydrogens (primary N) is 1. The van der Waals surface area contributed by atoms with Gasteiger partial charge in [0.05, 0.1) is 0 Å². The number of hydrogen-bond acceptors (Lipinski definition) is 2. The van der Waals surface area contributed by atoms with Crippen molar-refractivity contribution < 1.29 is 0 Å². The molecule has 4 aliphatic carbocycles. The fourth-order valence-corrected chi connectivity index (χ4v) is 5.49. The normalized spacial score (nSPS) is 39.7. The smallest absolute Gasteiger partial charge is 0.123 e. The van der Waals surface area contributed by atoms with Crippen LogP contribution in [0.15, 0.2) is 18.3 Å². The minimum absolute atomic E-state index is 0.669. The summed E-state index contributed by atoms with van der Waals surface area (Å²) in [5, 5.41) is 0. The first-order chi connectivity index (χ1) is 9.28. The van der Waals surface area contributed by atoms with Crippen LogP contribution in [0, 0.1) is 29.6 Å².